The van der Waals surface area contributed by atoms with Crippen LogP contribution in [0.15, 0.2) is 78.9 Å². The topological polar surface area (TPSA) is 66.5 Å². The number of hydrogen-bond acceptors (Lipinski definition) is 4. The van der Waals surface area contributed by atoms with Gasteiger partial charge in [-0.05, 0) is 54.5 Å². The molecule has 3 aromatic carbocycles. The maximum absolute atomic E-state index is 14.6. The van der Waals surface area contributed by atoms with Crippen LogP contribution in [0, 0.1) is 17.2 Å². The molecule has 0 aliphatic carbocycles. The number of halogens is 1. The molecule has 1 spiro atoms. The lowest BCUT2D eigenvalue weighted by atomic mass is 9.63. The number of benzene rings is 3. The third-order valence-corrected chi connectivity index (χ3v) is 8.30. The van der Waals surface area contributed by atoms with Crippen LogP contribution in [0.1, 0.15) is 49.2 Å². The van der Waals surface area contributed by atoms with Crippen molar-refractivity contribution in [1.29, 1.82) is 0 Å². The molecule has 0 aromatic heterocycles. The third-order valence-electron chi connectivity index (χ3n) is 8.30. The van der Waals surface area contributed by atoms with E-state index in [4.69, 9.17) is 0 Å². The molecule has 3 aliphatic rings. The predicted octanol–water partition coefficient (Wildman–Crippen LogP) is 5.80. The largest absolute Gasteiger partial charge is 0.352 e. The Kier molecular flexibility index (Phi) is 5.25. The first kappa shape index (κ1) is 24.3. The Labute approximate surface area is 221 Å². The van der Waals surface area contributed by atoms with Gasteiger partial charge in [0.15, 0.2) is 11.6 Å². The molecule has 1 saturated heterocycles. The molecule has 0 saturated carbocycles. The molecular weight excluding hydrogens is 479 g/mol. The van der Waals surface area contributed by atoms with Crippen molar-refractivity contribution < 1.29 is 18.8 Å². The van der Waals surface area contributed by atoms with Crippen molar-refractivity contribution in [2.45, 2.75) is 45.2 Å². The molecule has 0 bridgehead atoms. The smallest absolute Gasteiger partial charge is 0.238 e. The Hall–Kier alpha value is -4.06. The van der Waals surface area contributed by atoms with Crippen LogP contribution in [-0.2, 0) is 15.0 Å². The highest BCUT2D eigenvalue weighted by Gasteiger charge is 2.71. The molecule has 6 heteroatoms. The number of amides is 1. The van der Waals surface area contributed by atoms with E-state index in [1.165, 1.54) is 24.3 Å². The quantitative estimate of drug-likeness (QED) is 0.454. The highest BCUT2D eigenvalue weighted by molar-refractivity contribution is 6.17. The second-order valence-corrected chi connectivity index (χ2v) is 11.5. The summed E-state index contributed by atoms with van der Waals surface area (Å²) in [6.45, 7) is 7.52. The Bertz CT molecular complexity index is 1530. The number of allylic oxidation sites excluding steroid dienone is 1. The number of carbonyl (C=O) groups excluding carboxylic acids is 3. The fourth-order valence-corrected chi connectivity index (χ4v) is 6.62. The number of hydrogen-bond donors (Lipinski definition) is 1. The van der Waals surface area contributed by atoms with Gasteiger partial charge in [-0.2, -0.15) is 0 Å². The van der Waals surface area contributed by atoms with E-state index in [0.29, 0.717) is 11.3 Å². The number of fused-ring (bicyclic) bond motifs is 6. The average Bonchev–Trinajstić information content (AvgIpc) is 3.36. The molecule has 192 valence electrons. The normalized spacial score (nSPS) is 25.4. The first-order valence-corrected chi connectivity index (χ1v) is 12.9. The average molecular weight is 509 g/mol. The second-order valence-electron chi connectivity index (χ2n) is 11.5. The fourth-order valence-electron chi connectivity index (χ4n) is 6.62. The summed E-state index contributed by atoms with van der Waals surface area (Å²) in [5.74, 6) is -2.28. The standard InChI is InChI=1S/C32H29FN2O3/c1-18-17-25-32(22-10-6-7-11-23(22)34-30(32)38)26(28(36)19-13-15-20(33)16-14-19)27(29(37)31(2,3)4)35(25)24-12-8-5-9-21(18)24/h5-17,25-27H,1-4H3,(H,34,38)/t25-,26+,27+,32-/m1/s1. The number of ketones is 2. The van der Waals surface area contributed by atoms with E-state index in [9.17, 15) is 18.8 Å². The van der Waals surface area contributed by atoms with Gasteiger partial charge in [0, 0.05) is 27.9 Å². The fraction of sp³-hybridized carbons (Fsp3) is 0.281. The van der Waals surface area contributed by atoms with Crippen LogP contribution in [0.3, 0.4) is 0 Å². The molecule has 38 heavy (non-hydrogen) atoms. The minimum absolute atomic E-state index is 0.125. The van der Waals surface area contributed by atoms with Gasteiger partial charge < -0.3 is 10.2 Å². The van der Waals surface area contributed by atoms with Crippen LogP contribution in [0.2, 0.25) is 0 Å². The molecule has 4 atom stereocenters. The van der Waals surface area contributed by atoms with Gasteiger partial charge in [0.25, 0.3) is 0 Å². The minimum Gasteiger partial charge on any atom is -0.352 e. The van der Waals surface area contributed by atoms with Gasteiger partial charge in [-0.15, -0.1) is 0 Å². The summed E-state index contributed by atoms with van der Waals surface area (Å²) in [6.07, 6.45) is 2.03. The maximum Gasteiger partial charge on any atom is 0.238 e. The summed E-state index contributed by atoms with van der Waals surface area (Å²) < 4.78 is 13.8. The molecule has 3 aromatic rings. The lowest BCUT2D eigenvalue weighted by Gasteiger charge is -2.39. The molecule has 3 heterocycles. The molecule has 0 radical (unpaired) electrons. The summed E-state index contributed by atoms with van der Waals surface area (Å²) >= 11 is 0. The number of rotatable bonds is 3. The van der Waals surface area contributed by atoms with Gasteiger partial charge in [0.2, 0.25) is 5.91 Å². The molecule has 1 N–H and O–H groups in total. The van der Waals surface area contributed by atoms with Crippen molar-refractivity contribution >= 4 is 34.4 Å². The number of anilines is 2. The number of Topliss-reactive ketones (excluding diaryl/α,β-unsaturated/α-hetero) is 2. The van der Waals surface area contributed by atoms with Gasteiger partial charge in [0.1, 0.15) is 17.3 Å². The Morgan fingerprint density at radius 3 is 2.32 bits per heavy atom. The first-order valence-electron chi connectivity index (χ1n) is 12.9. The summed E-state index contributed by atoms with van der Waals surface area (Å²) in [6, 6.07) is 19.1. The van der Waals surface area contributed by atoms with E-state index in [0.717, 1.165) is 16.8 Å². The summed E-state index contributed by atoms with van der Waals surface area (Å²) in [7, 11) is 0. The third kappa shape index (κ3) is 3.19. The molecule has 1 amide bonds. The van der Waals surface area contributed by atoms with Gasteiger partial charge >= 0.3 is 0 Å². The number of para-hydroxylation sites is 2. The zero-order valence-electron chi connectivity index (χ0n) is 21.8. The molecular formula is C32H29FN2O3. The van der Waals surface area contributed by atoms with Gasteiger partial charge in [0.05, 0.1) is 12.0 Å². The van der Waals surface area contributed by atoms with Crippen LogP contribution in [-0.4, -0.2) is 29.6 Å². The maximum atomic E-state index is 14.6. The SMILES string of the molecule is CC1=C[C@H]2N(c3ccccc31)[C@H](C(=O)C(C)(C)C)[C@@H](C(=O)c1ccc(F)cc1)[C@]21C(=O)Nc2ccccc21. The molecule has 0 unspecified atom stereocenters. The monoisotopic (exact) mass is 508 g/mol. The van der Waals surface area contributed by atoms with Crippen molar-refractivity contribution in [3.8, 4) is 0 Å². The molecule has 6 rings (SSSR count). The summed E-state index contributed by atoms with van der Waals surface area (Å²) in [4.78, 5) is 45.2. The highest BCUT2D eigenvalue weighted by Crippen LogP contribution is 2.59. The zero-order valence-corrected chi connectivity index (χ0v) is 21.8. The lowest BCUT2D eigenvalue weighted by molar-refractivity contribution is -0.128. The van der Waals surface area contributed by atoms with Gasteiger partial charge in [-0.25, -0.2) is 4.39 Å². The summed E-state index contributed by atoms with van der Waals surface area (Å²) in [5.41, 5.74) is 2.24. The number of nitrogens with one attached hydrogen (secondary N) is 1. The van der Waals surface area contributed by atoms with Crippen LogP contribution >= 0.6 is 0 Å². The first-order chi connectivity index (χ1) is 18.1. The Morgan fingerprint density at radius 1 is 0.947 bits per heavy atom. The zero-order chi connectivity index (χ0) is 27.0. The number of carbonyl (C=O) groups is 3. The summed E-state index contributed by atoms with van der Waals surface area (Å²) in [5, 5.41) is 3.03. The van der Waals surface area contributed by atoms with Crippen LogP contribution < -0.4 is 10.2 Å². The Balaban J connectivity index is 1.70. The molecule has 5 nitrogen and oxygen atoms in total. The molecule has 3 aliphatic heterocycles. The van der Waals surface area contributed by atoms with Crippen molar-refractivity contribution in [2.24, 2.45) is 11.3 Å². The second kappa shape index (κ2) is 8.22. The van der Waals surface area contributed by atoms with Crippen molar-refractivity contribution in [1.82, 2.24) is 0 Å². The number of nitrogens with zero attached hydrogens (tertiary/aromatic N) is 1. The van der Waals surface area contributed by atoms with Crippen molar-refractivity contribution in [3.05, 3.63) is 101 Å². The van der Waals surface area contributed by atoms with Gasteiger partial charge in [-0.3, -0.25) is 14.4 Å². The van der Waals surface area contributed by atoms with Crippen LogP contribution in [0.5, 0.6) is 0 Å². The molecule has 1 fully saturated rings. The highest BCUT2D eigenvalue weighted by atomic mass is 19.1. The van der Waals surface area contributed by atoms with E-state index in [1.54, 1.807) is 0 Å². The van der Waals surface area contributed by atoms with Crippen molar-refractivity contribution in [3.63, 3.8) is 0 Å². The van der Waals surface area contributed by atoms with Crippen LogP contribution in [0.4, 0.5) is 15.8 Å². The van der Waals surface area contributed by atoms with E-state index < -0.39 is 34.6 Å². The van der Waals surface area contributed by atoms with E-state index >= 15 is 0 Å². The predicted molar refractivity (Wildman–Crippen MR) is 146 cm³/mol. The van der Waals surface area contributed by atoms with E-state index in [-0.39, 0.29) is 23.0 Å². The van der Waals surface area contributed by atoms with Gasteiger partial charge in [-0.1, -0.05) is 63.2 Å². The Morgan fingerprint density at radius 2 is 1.61 bits per heavy atom. The lowest BCUT2D eigenvalue weighted by Crippen LogP contribution is -2.51. The van der Waals surface area contributed by atoms with Crippen molar-refractivity contribution in [2.75, 3.05) is 10.2 Å². The van der Waals surface area contributed by atoms with E-state index in [2.05, 4.69) is 5.32 Å². The minimum atomic E-state index is -1.36. The van der Waals surface area contributed by atoms with E-state index in [1.807, 2.05) is 87.2 Å². The van der Waals surface area contributed by atoms with Crippen LogP contribution in [0.25, 0.3) is 5.57 Å².